The molecule has 2 rings (SSSR count). The van der Waals surface area contributed by atoms with Crippen molar-refractivity contribution < 1.29 is 4.74 Å². The van der Waals surface area contributed by atoms with Gasteiger partial charge in [-0.3, -0.25) is 0 Å². The molecule has 1 nitrogen and oxygen atoms in total. The Morgan fingerprint density at radius 2 is 2.17 bits per heavy atom. The first-order valence-corrected chi connectivity index (χ1v) is 4.43. The highest BCUT2D eigenvalue weighted by molar-refractivity contribution is 7.80. The van der Waals surface area contributed by atoms with E-state index in [1.807, 2.05) is 12.1 Å². The molecule has 12 heavy (non-hydrogen) atoms. The standard InChI is InChI=1S/C10H10OS/c1-11-9-4-2-3-8-7(9)5-6-10(8)12/h2-4H,5-6H2,1H3. The summed E-state index contributed by atoms with van der Waals surface area (Å²) in [7, 11) is 1.71. The SMILES string of the molecule is COc1cccc2c1CCC2=S. The maximum absolute atomic E-state index is 5.25. The zero-order chi connectivity index (χ0) is 8.55. The van der Waals surface area contributed by atoms with E-state index >= 15 is 0 Å². The second-order valence-corrected chi connectivity index (χ2v) is 3.40. The summed E-state index contributed by atoms with van der Waals surface area (Å²) in [6, 6.07) is 6.06. The van der Waals surface area contributed by atoms with Crippen LogP contribution in [0, 0.1) is 0 Å². The van der Waals surface area contributed by atoms with Crippen LogP contribution in [-0.4, -0.2) is 12.0 Å². The molecule has 0 aliphatic heterocycles. The van der Waals surface area contributed by atoms with Crippen LogP contribution in [0.2, 0.25) is 0 Å². The van der Waals surface area contributed by atoms with E-state index in [-0.39, 0.29) is 0 Å². The Morgan fingerprint density at radius 1 is 1.33 bits per heavy atom. The third kappa shape index (κ3) is 1.03. The van der Waals surface area contributed by atoms with Crippen molar-refractivity contribution in [2.45, 2.75) is 12.8 Å². The zero-order valence-corrected chi connectivity index (χ0v) is 7.78. The van der Waals surface area contributed by atoms with Gasteiger partial charge in [-0.05, 0) is 24.5 Å². The number of fused-ring (bicyclic) bond motifs is 1. The molecule has 0 bridgehead atoms. The number of ether oxygens (including phenoxy) is 1. The predicted molar refractivity (Wildman–Crippen MR) is 53.0 cm³/mol. The molecule has 1 aromatic rings. The Hall–Kier alpha value is -0.890. The van der Waals surface area contributed by atoms with Crippen LogP contribution in [0.1, 0.15) is 17.5 Å². The van der Waals surface area contributed by atoms with E-state index in [1.165, 1.54) is 11.1 Å². The van der Waals surface area contributed by atoms with E-state index < -0.39 is 0 Å². The molecule has 0 atom stereocenters. The summed E-state index contributed by atoms with van der Waals surface area (Å²) in [5.41, 5.74) is 2.49. The molecule has 0 amide bonds. The van der Waals surface area contributed by atoms with Gasteiger partial charge in [0.25, 0.3) is 0 Å². The third-order valence-corrected chi connectivity index (χ3v) is 2.68. The molecule has 1 aromatic carbocycles. The van der Waals surface area contributed by atoms with Gasteiger partial charge in [-0.25, -0.2) is 0 Å². The van der Waals surface area contributed by atoms with Crippen molar-refractivity contribution in [2.75, 3.05) is 7.11 Å². The summed E-state index contributed by atoms with van der Waals surface area (Å²) in [4.78, 5) is 1.07. The topological polar surface area (TPSA) is 9.23 Å². The summed E-state index contributed by atoms with van der Waals surface area (Å²) in [6.07, 6.45) is 2.04. The molecule has 0 saturated heterocycles. The highest BCUT2D eigenvalue weighted by atomic mass is 32.1. The van der Waals surface area contributed by atoms with E-state index in [4.69, 9.17) is 17.0 Å². The van der Waals surface area contributed by atoms with E-state index in [0.29, 0.717) is 0 Å². The Morgan fingerprint density at radius 3 is 2.92 bits per heavy atom. The first-order chi connectivity index (χ1) is 5.83. The van der Waals surface area contributed by atoms with Crippen LogP contribution in [0.25, 0.3) is 0 Å². The summed E-state index contributed by atoms with van der Waals surface area (Å²) in [6.45, 7) is 0. The fourth-order valence-electron chi connectivity index (χ4n) is 1.65. The van der Waals surface area contributed by atoms with Crippen molar-refractivity contribution in [1.82, 2.24) is 0 Å². The van der Waals surface area contributed by atoms with Crippen molar-refractivity contribution >= 4 is 17.1 Å². The minimum absolute atomic E-state index is 0.979. The van der Waals surface area contributed by atoms with Gasteiger partial charge in [0.05, 0.1) is 7.11 Å². The maximum atomic E-state index is 5.25. The van der Waals surface area contributed by atoms with Crippen molar-refractivity contribution in [1.29, 1.82) is 0 Å². The van der Waals surface area contributed by atoms with Crippen molar-refractivity contribution in [3.8, 4) is 5.75 Å². The number of hydrogen-bond donors (Lipinski definition) is 0. The van der Waals surface area contributed by atoms with Gasteiger partial charge in [0.15, 0.2) is 0 Å². The number of methoxy groups -OCH3 is 1. The van der Waals surface area contributed by atoms with Crippen molar-refractivity contribution in [3.05, 3.63) is 29.3 Å². The highest BCUT2D eigenvalue weighted by Crippen LogP contribution is 2.30. The normalized spacial score (nSPS) is 14.6. The molecule has 0 saturated carbocycles. The Bertz CT molecular complexity index is 331. The lowest BCUT2D eigenvalue weighted by Gasteiger charge is -2.05. The number of rotatable bonds is 1. The van der Waals surface area contributed by atoms with Crippen LogP contribution in [0.15, 0.2) is 18.2 Å². The van der Waals surface area contributed by atoms with Crippen LogP contribution >= 0.6 is 12.2 Å². The lowest BCUT2D eigenvalue weighted by atomic mass is 10.1. The van der Waals surface area contributed by atoms with Gasteiger partial charge in [0, 0.05) is 10.4 Å². The Kier molecular flexibility index (Phi) is 1.85. The maximum Gasteiger partial charge on any atom is 0.122 e. The van der Waals surface area contributed by atoms with Crippen LogP contribution < -0.4 is 4.74 Å². The van der Waals surface area contributed by atoms with Gasteiger partial charge in [0.1, 0.15) is 5.75 Å². The smallest absolute Gasteiger partial charge is 0.122 e. The molecule has 0 fully saturated rings. The molecule has 1 aliphatic carbocycles. The largest absolute Gasteiger partial charge is 0.496 e. The number of hydrogen-bond acceptors (Lipinski definition) is 2. The van der Waals surface area contributed by atoms with Crippen LogP contribution in [-0.2, 0) is 6.42 Å². The second-order valence-electron chi connectivity index (χ2n) is 2.91. The number of benzene rings is 1. The van der Waals surface area contributed by atoms with E-state index in [9.17, 15) is 0 Å². The molecule has 0 N–H and O–H groups in total. The quantitative estimate of drug-likeness (QED) is 0.610. The first-order valence-electron chi connectivity index (χ1n) is 4.02. The number of thiocarbonyl (C=S) groups is 1. The summed E-state index contributed by atoms with van der Waals surface area (Å²) >= 11 is 5.23. The van der Waals surface area contributed by atoms with Gasteiger partial charge in [-0.15, -0.1) is 0 Å². The highest BCUT2D eigenvalue weighted by Gasteiger charge is 2.18. The molecule has 1 aliphatic rings. The fraction of sp³-hybridized carbons (Fsp3) is 0.300. The summed E-state index contributed by atoms with van der Waals surface area (Å²) < 4.78 is 5.25. The van der Waals surface area contributed by atoms with Gasteiger partial charge >= 0.3 is 0 Å². The molecule has 0 radical (unpaired) electrons. The van der Waals surface area contributed by atoms with Crippen LogP contribution in [0.4, 0.5) is 0 Å². The molecule has 2 heteroatoms. The average molecular weight is 178 g/mol. The molecular formula is C10H10OS. The van der Waals surface area contributed by atoms with Gasteiger partial charge < -0.3 is 4.74 Å². The lowest BCUT2D eigenvalue weighted by Crippen LogP contribution is -1.92. The lowest BCUT2D eigenvalue weighted by molar-refractivity contribution is 0.410. The monoisotopic (exact) mass is 178 g/mol. The summed E-state index contributed by atoms with van der Waals surface area (Å²) in [5, 5.41) is 0. The molecule has 62 valence electrons. The molecule has 0 heterocycles. The van der Waals surface area contributed by atoms with Gasteiger partial charge in [-0.2, -0.15) is 0 Å². The minimum atomic E-state index is 0.979. The third-order valence-electron chi connectivity index (χ3n) is 2.26. The zero-order valence-electron chi connectivity index (χ0n) is 6.96. The van der Waals surface area contributed by atoms with Crippen molar-refractivity contribution in [2.24, 2.45) is 0 Å². The van der Waals surface area contributed by atoms with Gasteiger partial charge in [-0.1, -0.05) is 24.4 Å². The Labute approximate surface area is 77.4 Å². The summed E-state index contributed by atoms with van der Waals surface area (Å²) in [5.74, 6) is 0.979. The fourth-order valence-corrected chi connectivity index (χ4v) is 1.94. The van der Waals surface area contributed by atoms with E-state index in [0.717, 1.165) is 23.5 Å². The Balaban J connectivity index is 2.58. The van der Waals surface area contributed by atoms with Crippen LogP contribution in [0.3, 0.4) is 0 Å². The van der Waals surface area contributed by atoms with Gasteiger partial charge in [0.2, 0.25) is 0 Å². The minimum Gasteiger partial charge on any atom is -0.496 e. The van der Waals surface area contributed by atoms with Crippen LogP contribution in [0.5, 0.6) is 5.75 Å². The van der Waals surface area contributed by atoms with E-state index in [2.05, 4.69) is 6.07 Å². The predicted octanol–water partition coefficient (Wildman–Crippen LogP) is 2.36. The van der Waals surface area contributed by atoms with E-state index in [1.54, 1.807) is 7.11 Å². The average Bonchev–Trinajstić information content (AvgIpc) is 2.48. The van der Waals surface area contributed by atoms with Crippen molar-refractivity contribution in [3.63, 3.8) is 0 Å². The first kappa shape index (κ1) is 7.74. The molecule has 0 spiro atoms. The second kappa shape index (κ2) is 2.87. The molecular weight excluding hydrogens is 168 g/mol. The molecule has 0 aromatic heterocycles. The molecule has 0 unspecified atom stereocenters.